The van der Waals surface area contributed by atoms with Crippen LogP contribution in [0.2, 0.25) is 0 Å². The van der Waals surface area contributed by atoms with Crippen molar-refractivity contribution in [2.75, 3.05) is 13.6 Å². The Morgan fingerprint density at radius 1 is 1.48 bits per heavy atom. The third kappa shape index (κ3) is 4.41. The number of likely N-dealkylation sites (N-methyl/N-ethyl adjacent to an activating group) is 1. The molecular weight excluding hydrogens is 284 g/mol. The second-order valence-electron chi connectivity index (χ2n) is 5.23. The van der Waals surface area contributed by atoms with Gasteiger partial charge in [0.05, 0.1) is 19.1 Å². The van der Waals surface area contributed by atoms with E-state index in [9.17, 15) is 4.79 Å². The van der Waals surface area contributed by atoms with E-state index in [-0.39, 0.29) is 18.0 Å². The van der Waals surface area contributed by atoms with Crippen LogP contribution in [0.4, 0.5) is 0 Å². The van der Waals surface area contributed by atoms with Gasteiger partial charge in [0.15, 0.2) is 0 Å². The molecule has 1 amide bonds. The van der Waals surface area contributed by atoms with Crippen molar-refractivity contribution in [2.24, 2.45) is 0 Å². The molecule has 0 aliphatic heterocycles. The van der Waals surface area contributed by atoms with E-state index < -0.39 is 0 Å². The highest BCUT2D eigenvalue weighted by molar-refractivity contribution is 7.09. The van der Waals surface area contributed by atoms with Gasteiger partial charge in [0.25, 0.3) is 0 Å². The molecule has 5 nitrogen and oxygen atoms in total. The van der Waals surface area contributed by atoms with Gasteiger partial charge in [-0.2, -0.15) is 5.10 Å². The molecule has 2 atom stereocenters. The Labute approximate surface area is 129 Å². The fraction of sp³-hybridized carbons (Fsp3) is 0.467. The van der Waals surface area contributed by atoms with Crippen molar-refractivity contribution >= 4 is 17.2 Å². The molecule has 0 unspecified atom stereocenters. The Morgan fingerprint density at radius 2 is 2.29 bits per heavy atom. The maximum absolute atomic E-state index is 12.1. The summed E-state index contributed by atoms with van der Waals surface area (Å²) in [5.74, 6) is 0.0999. The lowest BCUT2D eigenvalue weighted by Gasteiger charge is -2.23. The Balaban J connectivity index is 1.77. The minimum Gasteiger partial charge on any atom is -0.340 e. The highest BCUT2D eigenvalue weighted by Gasteiger charge is 2.16. The minimum atomic E-state index is 0.0999. The molecular formula is C15H22N4OS. The van der Waals surface area contributed by atoms with E-state index in [1.165, 1.54) is 4.88 Å². The first kappa shape index (κ1) is 15.7. The monoisotopic (exact) mass is 306 g/mol. The molecule has 0 spiro atoms. The lowest BCUT2D eigenvalue weighted by atomic mass is 10.2. The number of hydrogen-bond donors (Lipinski definition) is 1. The summed E-state index contributed by atoms with van der Waals surface area (Å²) in [5, 5.41) is 9.54. The van der Waals surface area contributed by atoms with Crippen LogP contribution in [-0.4, -0.2) is 40.2 Å². The molecule has 0 saturated carbocycles. The van der Waals surface area contributed by atoms with E-state index in [4.69, 9.17) is 0 Å². The summed E-state index contributed by atoms with van der Waals surface area (Å²) in [5.41, 5.74) is 0. The van der Waals surface area contributed by atoms with Gasteiger partial charge in [0, 0.05) is 30.4 Å². The fourth-order valence-electron chi connectivity index (χ4n) is 2.03. The molecule has 1 N–H and O–H groups in total. The number of amides is 1. The molecule has 0 saturated heterocycles. The summed E-state index contributed by atoms with van der Waals surface area (Å²) >= 11 is 1.67. The van der Waals surface area contributed by atoms with Crippen molar-refractivity contribution in [1.82, 2.24) is 20.0 Å². The van der Waals surface area contributed by atoms with Crippen molar-refractivity contribution < 1.29 is 4.79 Å². The van der Waals surface area contributed by atoms with Crippen molar-refractivity contribution in [2.45, 2.75) is 32.5 Å². The van der Waals surface area contributed by atoms with Crippen molar-refractivity contribution in [3.63, 3.8) is 0 Å². The van der Waals surface area contributed by atoms with E-state index in [0.717, 1.165) is 0 Å². The van der Waals surface area contributed by atoms with Gasteiger partial charge in [0.1, 0.15) is 0 Å². The summed E-state index contributed by atoms with van der Waals surface area (Å²) in [4.78, 5) is 15.1. The number of hydrogen-bond acceptors (Lipinski definition) is 4. The van der Waals surface area contributed by atoms with Crippen LogP contribution in [0.15, 0.2) is 36.0 Å². The molecule has 2 aromatic heterocycles. The zero-order chi connectivity index (χ0) is 15.2. The molecule has 0 radical (unpaired) electrons. The maximum Gasteiger partial charge on any atom is 0.236 e. The lowest BCUT2D eigenvalue weighted by molar-refractivity contribution is -0.129. The average molecular weight is 306 g/mol. The van der Waals surface area contributed by atoms with E-state index in [1.807, 2.05) is 41.5 Å². The first-order valence-electron chi connectivity index (χ1n) is 7.06. The largest absolute Gasteiger partial charge is 0.340 e. The SMILES string of the molecule is C[C@@H](NCC(=O)N(C)Cc1cccs1)[C@H](C)n1cccn1. The van der Waals surface area contributed by atoms with E-state index in [0.29, 0.717) is 13.1 Å². The number of carbonyl (C=O) groups excluding carboxylic acids is 1. The van der Waals surface area contributed by atoms with Crippen LogP contribution in [0.25, 0.3) is 0 Å². The van der Waals surface area contributed by atoms with Crippen LogP contribution in [-0.2, 0) is 11.3 Å². The predicted octanol–water partition coefficient (Wildman–Crippen LogP) is 2.14. The van der Waals surface area contributed by atoms with Crippen LogP contribution in [0.5, 0.6) is 0 Å². The van der Waals surface area contributed by atoms with Gasteiger partial charge in [-0.15, -0.1) is 11.3 Å². The molecule has 0 aliphatic rings. The predicted molar refractivity (Wildman–Crippen MR) is 85.2 cm³/mol. The quantitative estimate of drug-likeness (QED) is 0.852. The van der Waals surface area contributed by atoms with Gasteiger partial charge in [-0.25, -0.2) is 0 Å². The van der Waals surface area contributed by atoms with Crippen molar-refractivity contribution in [3.05, 3.63) is 40.8 Å². The second-order valence-corrected chi connectivity index (χ2v) is 6.26. The Bertz CT molecular complexity index is 538. The van der Waals surface area contributed by atoms with Crippen LogP contribution >= 0.6 is 11.3 Å². The first-order valence-corrected chi connectivity index (χ1v) is 7.94. The van der Waals surface area contributed by atoms with Gasteiger partial charge in [-0.1, -0.05) is 6.07 Å². The number of nitrogens with zero attached hydrogens (tertiary/aromatic N) is 3. The van der Waals surface area contributed by atoms with Gasteiger partial charge in [-0.05, 0) is 31.4 Å². The molecule has 0 fully saturated rings. The van der Waals surface area contributed by atoms with E-state index in [1.54, 1.807) is 22.4 Å². The molecule has 2 rings (SSSR count). The van der Waals surface area contributed by atoms with Crippen LogP contribution < -0.4 is 5.32 Å². The molecule has 0 bridgehead atoms. The molecule has 6 heteroatoms. The molecule has 21 heavy (non-hydrogen) atoms. The zero-order valence-corrected chi connectivity index (χ0v) is 13.5. The fourth-order valence-corrected chi connectivity index (χ4v) is 2.79. The topological polar surface area (TPSA) is 50.2 Å². The normalized spacial score (nSPS) is 13.9. The summed E-state index contributed by atoms with van der Waals surface area (Å²) in [6.45, 7) is 5.17. The standard InChI is InChI=1S/C15H22N4OS/c1-12(13(2)19-8-5-7-17-19)16-10-15(20)18(3)11-14-6-4-9-21-14/h4-9,12-13,16H,10-11H2,1-3H3/t12-,13+/m1/s1. The van der Waals surface area contributed by atoms with Crippen molar-refractivity contribution in [1.29, 1.82) is 0 Å². The van der Waals surface area contributed by atoms with Gasteiger partial charge in [0.2, 0.25) is 5.91 Å². The molecule has 2 heterocycles. The Morgan fingerprint density at radius 3 is 2.90 bits per heavy atom. The van der Waals surface area contributed by atoms with Gasteiger partial charge in [-0.3, -0.25) is 9.48 Å². The number of rotatable bonds is 7. The molecule has 0 aromatic carbocycles. The van der Waals surface area contributed by atoms with Crippen molar-refractivity contribution in [3.8, 4) is 0 Å². The van der Waals surface area contributed by atoms with E-state index >= 15 is 0 Å². The number of thiophene rings is 1. The van der Waals surface area contributed by atoms with Crippen LogP contribution in [0, 0.1) is 0 Å². The summed E-state index contributed by atoms with van der Waals surface area (Å²) in [6, 6.07) is 6.33. The maximum atomic E-state index is 12.1. The second kappa shape index (κ2) is 7.38. The number of aromatic nitrogens is 2. The van der Waals surface area contributed by atoms with Crippen LogP contribution in [0.3, 0.4) is 0 Å². The third-order valence-corrected chi connectivity index (χ3v) is 4.50. The van der Waals surface area contributed by atoms with Gasteiger partial charge < -0.3 is 10.2 Å². The number of carbonyl (C=O) groups is 1. The smallest absolute Gasteiger partial charge is 0.236 e. The zero-order valence-electron chi connectivity index (χ0n) is 12.7. The first-order chi connectivity index (χ1) is 10.1. The summed E-state index contributed by atoms with van der Waals surface area (Å²) in [7, 11) is 1.84. The summed E-state index contributed by atoms with van der Waals surface area (Å²) in [6.07, 6.45) is 3.71. The molecule has 2 aromatic rings. The highest BCUT2D eigenvalue weighted by Crippen LogP contribution is 2.11. The van der Waals surface area contributed by atoms with Crippen LogP contribution in [0.1, 0.15) is 24.8 Å². The lowest BCUT2D eigenvalue weighted by Crippen LogP contribution is -2.41. The van der Waals surface area contributed by atoms with E-state index in [2.05, 4.69) is 24.3 Å². The molecule has 114 valence electrons. The van der Waals surface area contributed by atoms with Gasteiger partial charge >= 0.3 is 0 Å². The summed E-state index contributed by atoms with van der Waals surface area (Å²) < 4.78 is 1.90. The average Bonchev–Trinajstić information content (AvgIpc) is 3.16. The number of nitrogens with one attached hydrogen (secondary N) is 1. The Hall–Kier alpha value is -1.66. The Kier molecular flexibility index (Phi) is 5.52. The molecule has 0 aliphatic carbocycles. The minimum absolute atomic E-state index is 0.0999. The highest BCUT2D eigenvalue weighted by atomic mass is 32.1. The third-order valence-electron chi connectivity index (χ3n) is 3.64.